The molecular formula is C26H32N2O4. The van der Waals surface area contributed by atoms with Gasteiger partial charge in [-0.2, -0.15) is 0 Å². The van der Waals surface area contributed by atoms with Gasteiger partial charge in [0.15, 0.2) is 11.5 Å². The Hall–Kier alpha value is -3.15. The number of carbonyl (C=O) groups excluding carboxylic acids is 1. The summed E-state index contributed by atoms with van der Waals surface area (Å²) in [6, 6.07) is 9.69. The van der Waals surface area contributed by atoms with Gasteiger partial charge in [0.1, 0.15) is 12.2 Å². The Morgan fingerprint density at radius 2 is 2.03 bits per heavy atom. The van der Waals surface area contributed by atoms with Crippen LogP contribution in [0, 0.1) is 6.92 Å². The minimum absolute atomic E-state index is 0.0648. The van der Waals surface area contributed by atoms with Crippen molar-refractivity contribution in [2.75, 3.05) is 44.6 Å². The van der Waals surface area contributed by atoms with Crippen molar-refractivity contribution in [3.05, 3.63) is 53.1 Å². The van der Waals surface area contributed by atoms with E-state index in [0.29, 0.717) is 12.0 Å². The first-order valence-corrected chi connectivity index (χ1v) is 11.1. The zero-order chi connectivity index (χ0) is 22.8. The zero-order valence-corrected chi connectivity index (χ0v) is 19.6. The Morgan fingerprint density at radius 1 is 1.22 bits per heavy atom. The molecule has 4 rings (SSSR count). The number of carbonyl (C=O) groups is 1. The van der Waals surface area contributed by atoms with Crippen LogP contribution in [0.3, 0.4) is 0 Å². The second-order valence-corrected chi connectivity index (χ2v) is 8.77. The molecule has 0 aliphatic carbocycles. The maximum atomic E-state index is 12.9. The molecule has 0 spiro atoms. The van der Waals surface area contributed by atoms with Crippen molar-refractivity contribution < 1.29 is 19.0 Å². The second kappa shape index (κ2) is 9.15. The van der Waals surface area contributed by atoms with E-state index in [1.165, 1.54) is 0 Å². The summed E-state index contributed by atoms with van der Waals surface area (Å²) in [4.78, 5) is 17.2. The average molecular weight is 437 g/mol. The molecule has 32 heavy (non-hydrogen) atoms. The fourth-order valence-corrected chi connectivity index (χ4v) is 4.53. The SMILES string of the molecule is COc1ccc2c3c1OC(CCCN2C)C[C@@H](OC(=O)c1ccc(N(C)C)c(C)c1)C=C3. The number of hydrogen-bond acceptors (Lipinski definition) is 6. The van der Waals surface area contributed by atoms with Crippen molar-refractivity contribution in [2.45, 2.75) is 38.4 Å². The Morgan fingerprint density at radius 3 is 2.75 bits per heavy atom. The van der Waals surface area contributed by atoms with E-state index in [-0.39, 0.29) is 18.2 Å². The maximum Gasteiger partial charge on any atom is 0.338 e. The van der Waals surface area contributed by atoms with Crippen LogP contribution in [0.15, 0.2) is 36.4 Å². The van der Waals surface area contributed by atoms with E-state index >= 15 is 0 Å². The highest BCUT2D eigenvalue weighted by atomic mass is 16.5. The van der Waals surface area contributed by atoms with Gasteiger partial charge in [-0.3, -0.25) is 0 Å². The summed E-state index contributed by atoms with van der Waals surface area (Å²) in [7, 11) is 7.74. The van der Waals surface area contributed by atoms with E-state index in [1.807, 2.05) is 62.3 Å². The standard InChI is InChI=1S/C26H32N2O4/c1-17-15-18(8-11-22(17)27(2)3)26(29)32-20-9-10-21-23-12-13-24(30-5)25(21)31-19(16-20)7-6-14-28(23)4/h8-13,15,19-20H,6-7,14,16H2,1-5H3/t19?,20-/m0/s1. The van der Waals surface area contributed by atoms with Gasteiger partial charge in [-0.25, -0.2) is 4.79 Å². The minimum Gasteiger partial charge on any atom is -0.493 e. The molecule has 0 radical (unpaired) electrons. The average Bonchev–Trinajstić information content (AvgIpc) is 2.76. The summed E-state index contributed by atoms with van der Waals surface area (Å²) in [5, 5.41) is 0. The molecule has 2 aromatic carbocycles. The number of rotatable bonds is 4. The quantitative estimate of drug-likeness (QED) is 0.648. The van der Waals surface area contributed by atoms with Gasteiger partial charge in [0, 0.05) is 51.0 Å². The van der Waals surface area contributed by atoms with Crippen LogP contribution in [0.2, 0.25) is 0 Å². The largest absolute Gasteiger partial charge is 0.493 e. The molecule has 0 fully saturated rings. The zero-order valence-electron chi connectivity index (χ0n) is 19.6. The van der Waals surface area contributed by atoms with Gasteiger partial charge in [0.05, 0.1) is 12.7 Å². The summed E-state index contributed by atoms with van der Waals surface area (Å²) in [6.07, 6.45) is 6.03. The number of esters is 1. The van der Waals surface area contributed by atoms with E-state index < -0.39 is 0 Å². The maximum absolute atomic E-state index is 12.9. The molecule has 1 unspecified atom stereocenters. The molecule has 6 nitrogen and oxygen atoms in total. The number of nitrogens with zero attached hydrogens (tertiary/aromatic N) is 2. The van der Waals surface area contributed by atoms with E-state index in [1.54, 1.807) is 7.11 Å². The molecule has 0 saturated heterocycles. The van der Waals surface area contributed by atoms with E-state index in [9.17, 15) is 4.79 Å². The molecule has 170 valence electrons. The van der Waals surface area contributed by atoms with Crippen molar-refractivity contribution in [3.8, 4) is 11.5 Å². The lowest BCUT2D eigenvalue weighted by Crippen LogP contribution is -2.28. The Labute approximate surface area is 190 Å². The van der Waals surface area contributed by atoms with E-state index in [0.717, 1.165) is 53.4 Å². The summed E-state index contributed by atoms with van der Waals surface area (Å²) in [6.45, 7) is 2.94. The van der Waals surface area contributed by atoms with Crippen LogP contribution in [0.4, 0.5) is 11.4 Å². The predicted molar refractivity (Wildman–Crippen MR) is 128 cm³/mol. The molecule has 2 aromatic rings. The number of hydrogen-bond donors (Lipinski definition) is 0. The summed E-state index contributed by atoms with van der Waals surface area (Å²) < 4.78 is 18.0. The fraction of sp³-hybridized carbons (Fsp3) is 0.423. The summed E-state index contributed by atoms with van der Waals surface area (Å²) >= 11 is 0. The highest BCUT2D eigenvalue weighted by Gasteiger charge is 2.28. The van der Waals surface area contributed by atoms with Crippen LogP contribution in [0.1, 0.15) is 40.7 Å². The molecule has 0 amide bonds. The molecule has 2 heterocycles. The topological polar surface area (TPSA) is 51.2 Å². The first-order chi connectivity index (χ1) is 15.4. The number of aryl methyl sites for hydroxylation is 1. The van der Waals surface area contributed by atoms with Crippen molar-refractivity contribution in [3.63, 3.8) is 0 Å². The van der Waals surface area contributed by atoms with Gasteiger partial charge in [-0.15, -0.1) is 0 Å². The molecular weight excluding hydrogens is 404 g/mol. The second-order valence-electron chi connectivity index (χ2n) is 8.77. The summed E-state index contributed by atoms with van der Waals surface area (Å²) in [5.74, 6) is 1.17. The Balaban J connectivity index is 1.63. The predicted octanol–water partition coefficient (Wildman–Crippen LogP) is 4.69. The van der Waals surface area contributed by atoms with Crippen molar-refractivity contribution in [1.82, 2.24) is 0 Å². The molecule has 2 aliphatic heterocycles. The molecule has 6 heteroatoms. The van der Waals surface area contributed by atoms with Crippen molar-refractivity contribution >= 4 is 23.4 Å². The van der Waals surface area contributed by atoms with Crippen LogP contribution in [-0.2, 0) is 4.74 Å². The molecule has 0 aromatic heterocycles. The monoisotopic (exact) mass is 436 g/mol. The van der Waals surface area contributed by atoms with Gasteiger partial charge in [0.2, 0.25) is 0 Å². The first kappa shape index (κ1) is 22.1. The van der Waals surface area contributed by atoms with Crippen LogP contribution in [0.5, 0.6) is 11.5 Å². The number of ether oxygens (including phenoxy) is 3. The van der Waals surface area contributed by atoms with Crippen LogP contribution in [0.25, 0.3) is 6.08 Å². The van der Waals surface area contributed by atoms with Crippen LogP contribution in [-0.4, -0.2) is 53.0 Å². The highest BCUT2D eigenvalue weighted by Crippen LogP contribution is 2.42. The lowest BCUT2D eigenvalue weighted by molar-refractivity contribution is 0.0285. The molecule has 2 atom stereocenters. The first-order valence-electron chi connectivity index (χ1n) is 11.1. The lowest BCUT2D eigenvalue weighted by Gasteiger charge is -2.27. The third-order valence-electron chi connectivity index (χ3n) is 6.22. The van der Waals surface area contributed by atoms with Crippen LogP contribution >= 0.6 is 0 Å². The van der Waals surface area contributed by atoms with Crippen molar-refractivity contribution in [2.24, 2.45) is 0 Å². The fourth-order valence-electron chi connectivity index (χ4n) is 4.53. The Bertz CT molecular complexity index is 1030. The number of benzene rings is 2. The van der Waals surface area contributed by atoms with Gasteiger partial charge in [0.25, 0.3) is 0 Å². The Kier molecular flexibility index (Phi) is 6.31. The van der Waals surface area contributed by atoms with Gasteiger partial charge in [-0.1, -0.05) is 0 Å². The number of methoxy groups -OCH3 is 1. The molecule has 0 saturated carbocycles. The number of anilines is 2. The smallest absolute Gasteiger partial charge is 0.338 e. The van der Waals surface area contributed by atoms with Crippen LogP contribution < -0.4 is 19.3 Å². The van der Waals surface area contributed by atoms with E-state index in [4.69, 9.17) is 14.2 Å². The molecule has 0 N–H and O–H groups in total. The summed E-state index contributed by atoms with van der Waals surface area (Å²) in [5.41, 5.74) is 4.73. The lowest BCUT2D eigenvalue weighted by atomic mass is 10.0. The molecule has 2 aliphatic rings. The van der Waals surface area contributed by atoms with E-state index in [2.05, 4.69) is 18.0 Å². The normalized spacial score (nSPS) is 19.7. The van der Waals surface area contributed by atoms with Gasteiger partial charge < -0.3 is 24.0 Å². The van der Waals surface area contributed by atoms with Gasteiger partial charge in [-0.05, 0) is 67.8 Å². The third-order valence-corrected chi connectivity index (χ3v) is 6.22. The van der Waals surface area contributed by atoms with Gasteiger partial charge >= 0.3 is 5.97 Å². The minimum atomic E-state index is -0.364. The van der Waals surface area contributed by atoms with Crippen molar-refractivity contribution in [1.29, 1.82) is 0 Å². The number of fused-ring (bicyclic) bond motifs is 1. The molecule has 4 bridgehead atoms. The highest BCUT2D eigenvalue weighted by molar-refractivity contribution is 5.90. The third kappa shape index (κ3) is 4.40.